The second kappa shape index (κ2) is 6.81. The van der Waals surface area contributed by atoms with E-state index in [-0.39, 0.29) is 23.7 Å². The lowest BCUT2D eigenvalue weighted by atomic mass is 10.1. The summed E-state index contributed by atoms with van der Waals surface area (Å²) in [7, 11) is 0. The molecule has 0 aliphatic carbocycles. The van der Waals surface area contributed by atoms with E-state index < -0.39 is 10.8 Å². The van der Waals surface area contributed by atoms with Crippen molar-refractivity contribution < 1.29 is 26.8 Å². The van der Waals surface area contributed by atoms with Gasteiger partial charge in [0.1, 0.15) is 5.56 Å². The number of aromatic nitrogens is 1. The van der Waals surface area contributed by atoms with Crippen molar-refractivity contribution in [2.75, 3.05) is 5.43 Å². The Labute approximate surface area is 128 Å². The fourth-order valence-corrected chi connectivity index (χ4v) is 1.83. The SMILES string of the molecule is Cc1ccc([N+](=O)[O-])c(C(=O)N[n+]2cccc(C)c2)c1.[Cl-]. The van der Waals surface area contributed by atoms with E-state index >= 15 is 0 Å². The molecule has 2 aromatic rings. The van der Waals surface area contributed by atoms with Crippen molar-refractivity contribution in [3.05, 3.63) is 69.5 Å². The van der Waals surface area contributed by atoms with Crippen LogP contribution in [0.15, 0.2) is 42.7 Å². The first-order valence-corrected chi connectivity index (χ1v) is 6.01. The number of nitro groups is 1. The van der Waals surface area contributed by atoms with Crippen LogP contribution in [0, 0.1) is 24.0 Å². The third-order valence-corrected chi connectivity index (χ3v) is 2.77. The highest BCUT2D eigenvalue weighted by Gasteiger charge is 2.22. The number of amides is 1. The molecule has 110 valence electrons. The van der Waals surface area contributed by atoms with Gasteiger partial charge in [0.05, 0.1) is 4.92 Å². The molecule has 0 spiro atoms. The van der Waals surface area contributed by atoms with Gasteiger partial charge in [0.2, 0.25) is 6.20 Å². The summed E-state index contributed by atoms with van der Waals surface area (Å²) in [5.41, 5.74) is 4.18. The minimum atomic E-state index is -0.560. The summed E-state index contributed by atoms with van der Waals surface area (Å²) in [6.45, 7) is 3.66. The van der Waals surface area contributed by atoms with E-state index in [1.807, 2.05) is 13.0 Å². The Balaban J connectivity index is 0.00000220. The normalized spacial score (nSPS) is 9.62. The molecule has 0 radical (unpaired) electrons. The van der Waals surface area contributed by atoms with Crippen LogP contribution in [0.4, 0.5) is 5.69 Å². The monoisotopic (exact) mass is 307 g/mol. The molecule has 0 aliphatic heterocycles. The number of nitrogens with zero attached hydrogens (tertiary/aromatic N) is 2. The molecule has 6 nitrogen and oxygen atoms in total. The highest BCUT2D eigenvalue weighted by molar-refractivity contribution is 6.02. The molecule has 2 rings (SSSR count). The number of benzene rings is 1. The average molecular weight is 308 g/mol. The number of carbonyl (C=O) groups excluding carboxylic acids is 1. The lowest BCUT2D eigenvalue weighted by Crippen LogP contribution is -3.00. The van der Waals surface area contributed by atoms with Crippen LogP contribution in [0.2, 0.25) is 0 Å². The lowest BCUT2D eigenvalue weighted by molar-refractivity contribution is -0.641. The molecule has 0 aliphatic rings. The first-order valence-electron chi connectivity index (χ1n) is 6.01. The Hall–Kier alpha value is -2.47. The van der Waals surface area contributed by atoms with Gasteiger partial charge in [-0.05, 0) is 31.5 Å². The van der Waals surface area contributed by atoms with Gasteiger partial charge >= 0.3 is 5.91 Å². The third-order valence-electron chi connectivity index (χ3n) is 2.77. The van der Waals surface area contributed by atoms with E-state index in [0.29, 0.717) is 0 Å². The maximum Gasteiger partial charge on any atom is 0.312 e. The molecule has 1 aromatic heterocycles. The Morgan fingerprint density at radius 2 is 1.95 bits per heavy atom. The Bertz CT molecular complexity index is 689. The van der Waals surface area contributed by atoms with E-state index in [1.54, 1.807) is 31.5 Å². The standard InChI is InChI=1S/C14H13N3O3.ClH/c1-10-5-6-13(17(19)20)12(8-10)14(18)15-16-7-3-4-11(2)9-16;/h3-9H,1-2H3;1H. The van der Waals surface area contributed by atoms with Crippen LogP contribution in [0.1, 0.15) is 21.5 Å². The van der Waals surface area contributed by atoms with Crippen molar-refractivity contribution >= 4 is 11.6 Å². The number of nitro benzene ring substituents is 1. The summed E-state index contributed by atoms with van der Waals surface area (Å²) in [6.07, 6.45) is 3.38. The van der Waals surface area contributed by atoms with Crippen LogP contribution in [-0.2, 0) is 0 Å². The Morgan fingerprint density at radius 1 is 1.24 bits per heavy atom. The zero-order valence-corrected chi connectivity index (χ0v) is 12.3. The summed E-state index contributed by atoms with van der Waals surface area (Å²) in [4.78, 5) is 22.6. The van der Waals surface area contributed by atoms with Gasteiger partial charge < -0.3 is 12.4 Å². The highest BCUT2D eigenvalue weighted by atomic mass is 35.5. The van der Waals surface area contributed by atoms with Crippen LogP contribution >= 0.6 is 0 Å². The minimum Gasteiger partial charge on any atom is -1.00 e. The first-order chi connectivity index (χ1) is 9.47. The number of nitrogens with one attached hydrogen (secondary N) is 1. The van der Waals surface area contributed by atoms with Crippen molar-refractivity contribution in [3.8, 4) is 0 Å². The van der Waals surface area contributed by atoms with Crippen molar-refractivity contribution in [2.24, 2.45) is 0 Å². The largest absolute Gasteiger partial charge is 1.00 e. The first kappa shape index (κ1) is 16.6. The molecule has 1 amide bonds. The number of hydrogen-bond acceptors (Lipinski definition) is 3. The number of rotatable bonds is 3. The smallest absolute Gasteiger partial charge is 0.312 e. The maximum absolute atomic E-state index is 12.2. The van der Waals surface area contributed by atoms with Crippen molar-refractivity contribution in [1.82, 2.24) is 0 Å². The summed E-state index contributed by atoms with van der Waals surface area (Å²) < 4.78 is 1.48. The number of halogens is 1. The van der Waals surface area contributed by atoms with Gasteiger partial charge in [-0.2, -0.15) is 0 Å². The fourth-order valence-electron chi connectivity index (χ4n) is 1.83. The predicted octanol–water partition coefficient (Wildman–Crippen LogP) is -1.11. The molecule has 0 bridgehead atoms. The van der Waals surface area contributed by atoms with Crippen molar-refractivity contribution in [2.45, 2.75) is 13.8 Å². The summed E-state index contributed by atoms with van der Waals surface area (Å²) in [5.74, 6) is -0.518. The molecule has 0 saturated heterocycles. The molecule has 7 heteroatoms. The van der Waals surface area contributed by atoms with E-state index in [0.717, 1.165) is 11.1 Å². The molecule has 1 aromatic carbocycles. The van der Waals surface area contributed by atoms with Crippen LogP contribution < -0.4 is 22.5 Å². The molecule has 1 heterocycles. The van der Waals surface area contributed by atoms with Gasteiger partial charge in [-0.15, -0.1) is 5.43 Å². The molecule has 0 saturated carbocycles. The highest BCUT2D eigenvalue weighted by Crippen LogP contribution is 2.19. The maximum atomic E-state index is 12.2. The van der Waals surface area contributed by atoms with Crippen molar-refractivity contribution in [3.63, 3.8) is 0 Å². The number of carbonyl (C=O) groups is 1. The second-order valence-electron chi connectivity index (χ2n) is 4.51. The van der Waals surface area contributed by atoms with Gasteiger partial charge in [0.15, 0.2) is 6.20 Å². The van der Waals surface area contributed by atoms with Crippen LogP contribution in [0.25, 0.3) is 0 Å². The van der Waals surface area contributed by atoms with E-state index in [9.17, 15) is 14.9 Å². The quantitative estimate of drug-likeness (QED) is 0.444. The third kappa shape index (κ3) is 4.00. The van der Waals surface area contributed by atoms with Gasteiger partial charge in [-0.1, -0.05) is 10.7 Å². The summed E-state index contributed by atoms with van der Waals surface area (Å²) >= 11 is 0. The minimum absolute atomic E-state index is 0. The van der Waals surface area contributed by atoms with Gasteiger partial charge in [0.25, 0.3) is 5.69 Å². The summed E-state index contributed by atoms with van der Waals surface area (Å²) in [5, 5.41) is 11.0. The van der Waals surface area contributed by atoms with Crippen LogP contribution in [0.3, 0.4) is 0 Å². The summed E-state index contributed by atoms with van der Waals surface area (Å²) in [6, 6.07) is 8.11. The number of hydrogen-bond donors (Lipinski definition) is 1. The number of aryl methyl sites for hydroxylation is 2. The Kier molecular flexibility index (Phi) is 5.37. The predicted molar refractivity (Wildman–Crippen MR) is 72.9 cm³/mol. The van der Waals surface area contributed by atoms with E-state index in [2.05, 4.69) is 5.43 Å². The lowest BCUT2D eigenvalue weighted by Gasteiger charge is -2.03. The van der Waals surface area contributed by atoms with Crippen LogP contribution in [0.5, 0.6) is 0 Å². The average Bonchev–Trinajstić information content (AvgIpc) is 2.38. The zero-order valence-electron chi connectivity index (χ0n) is 11.5. The Morgan fingerprint density at radius 3 is 2.57 bits per heavy atom. The molecular weight excluding hydrogens is 294 g/mol. The topological polar surface area (TPSA) is 76.1 Å². The van der Waals surface area contributed by atoms with E-state index in [4.69, 9.17) is 0 Å². The second-order valence-corrected chi connectivity index (χ2v) is 4.51. The van der Waals surface area contributed by atoms with Gasteiger partial charge in [-0.3, -0.25) is 14.9 Å². The van der Waals surface area contributed by atoms with Crippen molar-refractivity contribution in [1.29, 1.82) is 0 Å². The molecular formula is C14H14ClN3O3. The van der Waals surface area contributed by atoms with Gasteiger partial charge in [-0.25, -0.2) is 0 Å². The van der Waals surface area contributed by atoms with Crippen LogP contribution in [-0.4, -0.2) is 10.8 Å². The molecule has 0 fully saturated rings. The zero-order chi connectivity index (χ0) is 14.7. The molecule has 21 heavy (non-hydrogen) atoms. The molecule has 1 N–H and O–H groups in total. The van der Waals surface area contributed by atoms with Gasteiger partial charge in [0, 0.05) is 17.7 Å². The van der Waals surface area contributed by atoms with E-state index in [1.165, 1.54) is 16.8 Å². The number of pyridine rings is 1. The fraction of sp³-hybridized carbons (Fsp3) is 0.143. The molecule has 0 unspecified atom stereocenters. The molecule has 0 atom stereocenters.